The first-order valence-electron chi connectivity index (χ1n) is 11.2. The third-order valence-electron chi connectivity index (χ3n) is 6.32. The maximum absolute atomic E-state index is 7.03. The minimum absolute atomic E-state index is 0.0990. The van der Waals surface area contributed by atoms with Crippen LogP contribution in [0.4, 0.5) is 5.69 Å². The molecule has 4 N–H and O–H groups in total. The quantitative estimate of drug-likeness (QED) is 0.297. The topological polar surface area (TPSA) is 73.7 Å². The summed E-state index contributed by atoms with van der Waals surface area (Å²) in [4.78, 5) is 0. The van der Waals surface area contributed by atoms with E-state index in [1.165, 1.54) is 22.3 Å². The molecule has 0 bridgehead atoms. The van der Waals surface area contributed by atoms with Gasteiger partial charge in [0.1, 0.15) is 0 Å². The number of benzene rings is 3. The molecule has 3 heteroatoms. The molecule has 0 heterocycles. The molecule has 0 fully saturated rings. The van der Waals surface area contributed by atoms with Crippen LogP contribution in [0.5, 0.6) is 0 Å². The molecule has 3 aromatic rings. The average molecular weight is 436 g/mol. The second-order valence-electron chi connectivity index (χ2n) is 9.37. The van der Waals surface area contributed by atoms with Crippen molar-refractivity contribution in [2.24, 2.45) is 0 Å². The lowest BCUT2D eigenvalue weighted by molar-refractivity contribution is 0.618. The number of anilines is 1. The molecule has 0 saturated heterocycles. The largest absolute Gasteiger partial charge is 0.399 e. The second kappa shape index (κ2) is 9.83. The van der Waals surface area contributed by atoms with Gasteiger partial charge in [-0.1, -0.05) is 107 Å². The Bertz CT molecular complexity index is 1090. The number of nitrogens with two attached hydrogens (primary N) is 1. The van der Waals surface area contributed by atoms with Crippen molar-refractivity contribution in [2.45, 2.75) is 38.5 Å². The molecular weight excluding hydrogens is 402 g/mol. The van der Waals surface area contributed by atoms with Crippen LogP contribution in [0.3, 0.4) is 0 Å². The molecule has 1 aliphatic rings. The molecule has 3 aromatic carbocycles. The maximum atomic E-state index is 7.03. The molecule has 0 unspecified atom stereocenters. The molecule has 0 aromatic heterocycles. The van der Waals surface area contributed by atoms with Crippen molar-refractivity contribution < 1.29 is 0 Å². The third-order valence-corrected chi connectivity index (χ3v) is 6.32. The summed E-state index contributed by atoms with van der Waals surface area (Å²) in [5.41, 5.74) is 12.6. The predicted octanol–water partition coefficient (Wildman–Crippen LogP) is 7.07. The van der Waals surface area contributed by atoms with Crippen LogP contribution >= 0.6 is 0 Å². The zero-order valence-electron chi connectivity index (χ0n) is 19.9. The molecule has 0 saturated carbocycles. The molecule has 0 aliphatic heterocycles. The summed E-state index contributed by atoms with van der Waals surface area (Å²) in [6, 6.07) is 27.8. The van der Waals surface area contributed by atoms with E-state index in [9.17, 15) is 0 Å². The SMILES string of the molecule is CC(C)(c1ccccc1)c1cc(N)cc(C(C)(C)c2ccccc2)c1.N=C1C=CC=CC1=N. The first-order valence-corrected chi connectivity index (χ1v) is 11.2. The summed E-state index contributed by atoms with van der Waals surface area (Å²) >= 11 is 0. The molecule has 33 heavy (non-hydrogen) atoms. The van der Waals surface area contributed by atoms with Crippen molar-refractivity contribution in [2.75, 3.05) is 5.73 Å². The van der Waals surface area contributed by atoms with Crippen molar-refractivity contribution in [3.8, 4) is 0 Å². The van der Waals surface area contributed by atoms with Crippen LogP contribution in [0.25, 0.3) is 0 Å². The smallest absolute Gasteiger partial charge is 0.0789 e. The highest BCUT2D eigenvalue weighted by molar-refractivity contribution is 6.48. The Hall–Kier alpha value is -3.72. The summed E-state index contributed by atoms with van der Waals surface area (Å²) in [6.07, 6.45) is 6.70. The van der Waals surface area contributed by atoms with Gasteiger partial charge < -0.3 is 5.73 Å². The molecule has 0 radical (unpaired) electrons. The van der Waals surface area contributed by atoms with E-state index in [4.69, 9.17) is 16.6 Å². The van der Waals surface area contributed by atoms with Crippen LogP contribution in [0.15, 0.2) is 103 Å². The number of rotatable bonds is 4. The zero-order valence-corrected chi connectivity index (χ0v) is 19.9. The van der Waals surface area contributed by atoms with E-state index in [1.807, 2.05) is 0 Å². The fourth-order valence-electron chi connectivity index (χ4n) is 3.90. The summed E-state index contributed by atoms with van der Waals surface area (Å²) in [6.45, 7) is 9.04. The van der Waals surface area contributed by atoms with Gasteiger partial charge in [0.25, 0.3) is 0 Å². The van der Waals surface area contributed by atoms with Crippen LogP contribution in [0, 0.1) is 10.8 Å². The monoisotopic (exact) mass is 435 g/mol. The molecule has 0 amide bonds. The molecule has 0 spiro atoms. The lowest BCUT2D eigenvalue weighted by atomic mass is 9.73. The highest BCUT2D eigenvalue weighted by Crippen LogP contribution is 2.38. The van der Waals surface area contributed by atoms with E-state index >= 15 is 0 Å². The Kier molecular flexibility index (Phi) is 7.13. The van der Waals surface area contributed by atoms with E-state index in [0.29, 0.717) is 0 Å². The van der Waals surface area contributed by atoms with Gasteiger partial charge in [0.05, 0.1) is 11.4 Å². The van der Waals surface area contributed by atoms with Crippen LogP contribution < -0.4 is 5.73 Å². The van der Waals surface area contributed by atoms with Crippen molar-refractivity contribution in [1.82, 2.24) is 0 Å². The molecule has 0 atom stereocenters. The highest BCUT2D eigenvalue weighted by atomic mass is 14.6. The van der Waals surface area contributed by atoms with Crippen molar-refractivity contribution in [3.05, 3.63) is 125 Å². The lowest BCUT2D eigenvalue weighted by Crippen LogP contribution is -2.23. The maximum Gasteiger partial charge on any atom is 0.0789 e. The number of hydrogen-bond acceptors (Lipinski definition) is 3. The molecule has 3 nitrogen and oxygen atoms in total. The van der Waals surface area contributed by atoms with Crippen molar-refractivity contribution in [3.63, 3.8) is 0 Å². The van der Waals surface area contributed by atoms with E-state index in [0.717, 1.165) is 5.69 Å². The number of hydrogen-bond donors (Lipinski definition) is 3. The Morgan fingerprint density at radius 2 is 0.909 bits per heavy atom. The number of allylic oxidation sites excluding steroid dienone is 4. The highest BCUT2D eigenvalue weighted by Gasteiger charge is 2.28. The Morgan fingerprint density at radius 1 is 0.545 bits per heavy atom. The summed E-state index contributed by atoms with van der Waals surface area (Å²) < 4.78 is 0. The van der Waals surface area contributed by atoms with Crippen LogP contribution in [0.1, 0.15) is 49.9 Å². The van der Waals surface area contributed by atoms with Gasteiger partial charge in [-0.2, -0.15) is 0 Å². The van der Waals surface area contributed by atoms with Crippen molar-refractivity contribution >= 4 is 17.1 Å². The van der Waals surface area contributed by atoms with Gasteiger partial charge in [-0.15, -0.1) is 0 Å². The van der Waals surface area contributed by atoms with Gasteiger partial charge in [-0.25, -0.2) is 0 Å². The minimum atomic E-state index is -0.0990. The fourth-order valence-corrected chi connectivity index (χ4v) is 3.90. The van der Waals surface area contributed by atoms with Crippen molar-refractivity contribution in [1.29, 1.82) is 10.8 Å². The Labute approximate surface area is 197 Å². The Balaban J connectivity index is 0.000000323. The fraction of sp³-hybridized carbons (Fsp3) is 0.200. The zero-order chi connectivity index (χ0) is 24.1. The first-order chi connectivity index (χ1) is 15.6. The van der Waals surface area contributed by atoms with Gasteiger partial charge in [-0.3, -0.25) is 10.8 Å². The van der Waals surface area contributed by atoms with Crippen LogP contribution in [0.2, 0.25) is 0 Å². The number of nitrogen functional groups attached to an aromatic ring is 1. The minimum Gasteiger partial charge on any atom is -0.399 e. The first kappa shape index (κ1) is 23.9. The van der Waals surface area contributed by atoms with Gasteiger partial charge in [0.2, 0.25) is 0 Å². The third kappa shape index (κ3) is 5.56. The molecule has 4 rings (SSSR count). The molecular formula is C30H33N3. The van der Waals surface area contributed by atoms with E-state index in [2.05, 4.69) is 107 Å². The lowest BCUT2D eigenvalue weighted by Gasteiger charge is -2.31. The standard InChI is InChI=1S/C24H27N.C6H6N2/c1-23(2,18-11-7-5-8-12-18)20-15-21(17-22(25)16-20)24(3,4)19-13-9-6-10-14-19;7-5-3-1-2-4-6(5)8/h5-17H,25H2,1-4H3;1-4,7-8H. The van der Waals surface area contributed by atoms with E-state index < -0.39 is 0 Å². The number of nitrogens with one attached hydrogen (secondary N) is 2. The summed E-state index contributed by atoms with van der Waals surface area (Å²) in [7, 11) is 0. The summed E-state index contributed by atoms with van der Waals surface area (Å²) in [5, 5.41) is 14.1. The summed E-state index contributed by atoms with van der Waals surface area (Å²) in [5.74, 6) is 0. The molecule has 1 aliphatic carbocycles. The second-order valence-corrected chi connectivity index (χ2v) is 9.37. The van der Waals surface area contributed by atoms with Gasteiger partial charge >= 0.3 is 0 Å². The van der Waals surface area contributed by atoms with E-state index in [-0.39, 0.29) is 22.3 Å². The van der Waals surface area contributed by atoms with Gasteiger partial charge in [0.15, 0.2) is 0 Å². The predicted molar refractivity (Wildman–Crippen MR) is 142 cm³/mol. The van der Waals surface area contributed by atoms with Crippen LogP contribution in [-0.2, 0) is 10.8 Å². The normalized spacial score (nSPS) is 13.5. The van der Waals surface area contributed by atoms with E-state index in [1.54, 1.807) is 24.3 Å². The van der Waals surface area contributed by atoms with Gasteiger partial charge in [-0.05, 0) is 46.5 Å². The molecule has 168 valence electrons. The van der Waals surface area contributed by atoms with Crippen LogP contribution in [-0.4, -0.2) is 11.4 Å². The average Bonchev–Trinajstić information content (AvgIpc) is 2.82. The van der Waals surface area contributed by atoms with Gasteiger partial charge in [0, 0.05) is 16.5 Å². The Morgan fingerprint density at radius 3 is 1.24 bits per heavy atom.